The number of anilines is 1. The van der Waals surface area contributed by atoms with Crippen molar-refractivity contribution < 1.29 is 22.4 Å². The second-order valence-corrected chi connectivity index (χ2v) is 12.7. The highest BCUT2D eigenvalue weighted by atomic mass is 35.5. The monoisotopic (exact) mass is 635 g/mol. The first-order chi connectivity index (χ1) is 21.1. The van der Waals surface area contributed by atoms with Crippen molar-refractivity contribution in [3.05, 3.63) is 131 Å². The minimum atomic E-state index is -4.26. The minimum absolute atomic E-state index is 0.0202. The molecule has 0 bridgehead atoms. The first-order valence-corrected chi connectivity index (χ1v) is 16.1. The van der Waals surface area contributed by atoms with Crippen LogP contribution in [0.5, 0.6) is 0 Å². The summed E-state index contributed by atoms with van der Waals surface area (Å²) in [4.78, 5) is 29.6. The molecular formula is C34H35ClFN3O4S. The van der Waals surface area contributed by atoms with Crippen LogP contribution in [-0.2, 0) is 32.6 Å². The molecule has 4 aromatic rings. The molecule has 4 aromatic carbocycles. The molecule has 0 fully saturated rings. The highest BCUT2D eigenvalue weighted by Gasteiger charge is 2.35. The fourth-order valence-electron chi connectivity index (χ4n) is 4.67. The summed E-state index contributed by atoms with van der Waals surface area (Å²) in [6.45, 7) is 3.11. The van der Waals surface area contributed by atoms with E-state index in [1.807, 2.05) is 44.2 Å². The Labute approximate surface area is 263 Å². The average molecular weight is 636 g/mol. The maximum absolute atomic E-state index is 14.4. The number of carbonyl (C=O) groups excluding carboxylic acids is 2. The van der Waals surface area contributed by atoms with Gasteiger partial charge in [-0.2, -0.15) is 0 Å². The van der Waals surface area contributed by atoms with Crippen molar-refractivity contribution in [1.29, 1.82) is 0 Å². The lowest BCUT2D eigenvalue weighted by Gasteiger charge is -2.34. The molecule has 0 saturated heterocycles. The van der Waals surface area contributed by atoms with Crippen molar-refractivity contribution in [1.82, 2.24) is 10.2 Å². The Morgan fingerprint density at radius 3 is 2.05 bits per heavy atom. The molecule has 230 valence electrons. The number of halogens is 2. The number of carbonyl (C=O) groups is 2. The lowest BCUT2D eigenvalue weighted by molar-refractivity contribution is -0.140. The molecule has 44 heavy (non-hydrogen) atoms. The van der Waals surface area contributed by atoms with Gasteiger partial charge in [0, 0.05) is 19.0 Å². The molecule has 0 aliphatic heterocycles. The van der Waals surface area contributed by atoms with Crippen molar-refractivity contribution in [2.24, 2.45) is 0 Å². The normalized spacial score (nSPS) is 12.6. The van der Waals surface area contributed by atoms with Gasteiger partial charge in [0.15, 0.2) is 0 Å². The molecule has 4 rings (SSSR count). The van der Waals surface area contributed by atoms with Crippen molar-refractivity contribution in [2.75, 3.05) is 10.8 Å². The van der Waals surface area contributed by atoms with Crippen LogP contribution in [0.2, 0.25) is 5.02 Å². The van der Waals surface area contributed by atoms with Gasteiger partial charge in [-0.15, -0.1) is 0 Å². The van der Waals surface area contributed by atoms with E-state index < -0.39 is 34.3 Å². The van der Waals surface area contributed by atoms with Crippen LogP contribution in [-0.4, -0.2) is 43.8 Å². The van der Waals surface area contributed by atoms with Crippen LogP contribution >= 0.6 is 11.6 Å². The van der Waals surface area contributed by atoms with Gasteiger partial charge in [0.25, 0.3) is 10.0 Å². The topological polar surface area (TPSA) is 86.8 Å². The van der Waals surface area contributed by atoms with Crippen LogP contribution in [0.4, 0.5) is 10.1 Å². The molecule has 7 nitrogen and oxygen atoms in total. The fraction of sp³-hybridized carbons (Fsp3) is 0.235. The van der Waals surface area contributed by atoms with E-state index in [2.05, 4.69) is 5.32 Å². The molecule has 0 heterocycles. The zero-order chi connectivity index (χ0) is 31.7. The predicted octanol–water partition coefficient (Wildman–Crippen LogP) is 6.23. The van der Waals surface area contributed by atoms with Gasteiger partial charge in [0.2, 0.25) is 11.8 Å². The molecule has 10 heteroatoms. The van der Waals surface area contributed by atoms with Crippen molar-refractivity contribution in [3.63, 3.8) is 0 Å². The SMILES string of the molecule is CC[C@@H](C)NC(=O)[C@@H](Cc1ccccc1)N(Cc1ccc(F)cc1)C(=O)CN(c1ccccc1Cl)S(=O)(=O)c1ccccc1. The van der Waals surface area contributed by atoms with Crippen molar-refractivity contribution in [2.45, 2.75) is 50.2 Å². The maximum Gasteiger partial charge on any atom is 0.264 e. The van der Waals surface area contributed by atoms with E-state index in [0.717, 1.165) is 9.87 Å². The molecule has 0 saturated carbocycles. The van der Waals surface area contributed by atoms with Crippen molar-refractivity contribution >= 4 is 39.1 Å². The van der Waals surface area contributed by atoms with Gasteiger partial charge in [-0.1, -0.05) is 91.3 Å². The van der Waals surface area contributed by atoms with Gasteiger partial charge in [-0.25, -0.2) is 12.8 Å². The summed E-state index contributed by atoms with van der Waals surface area (Å²) >= 11 is 6.48. The van der Waals surface area contributed by atoms with Gasteiger partial charge >= 0.3 is 0 Å². The number of para-hydroxylation sites is 1. The summed E-state index contributed by atoms with van der Waals surface area (Å²) in [6.07, 6.45) is 0.846. The molecule has 0 aliphatic rings. The third-order valence-electron chi connectivity index (χ3n) is 7.27. The van der Waals surface area contributed by atoms with Crippen LogP contribution in [0.1, 0.15) is 31.4 Å². The van der Waals surface area contributed by atoms with E-state index in [1.54, 1.807) is 36.4 Å². The number of hydrogen-bond donors (Lipinski definition) is 1. The molecular weight excluding hydrogens is 601 g/mol. The highest BCUT2D eigenvalue weighted by molar-refractivity contribution is 7.92. The average Bonchev–Trinajstić information content (AvgIpc) is 3.03. The summed E-state index contributed by atoms with van der Waals surface area (Å²) in [6, 6.07) is 27.9. The van der Waals surface area contributed by atoms with E-state index >= 15 is 0 Å². The Kier molecular flexibility index (Phi) is 11.1. The van der Waals surface area contributed by atoms with Gasteiger partial charge in [-0.3, -0.25) is 13.9 Å². The molecule has 2 atom stereocenters. The lowest BCUT2D eigenvalue weighted by Crippen LogP contribution is -2.54. The summed E-state index contributed by atoms with van der Waals surface area (Å²) in [5.74, 6) is -1.45. The summed E-state index contributed by atoms with van der Waals surface area (Å²) in [5, 5.41) is 3.12. The first kappa shape index (κ1) is 32.7. The molecule has 0 aromatic heterocycles. The summed E-state index contributed by atoms with van der Waals surface area (Å²) in [5.41, 5.74) is 1.51. The zero-order valence-corrected chi connectivity index (χ0v) is 26.1. The van der Waals surface area contributed by atoms with Crippen LogP contribution in [0.3, 0.4) is 0 Å². The lowest BCUT2D eigenvalue weighted by atomic mass is 10.0. The smallest absolute Gasteiger partial charge is 0.264 e. The van der Waals surface area contributed by atoms with E-state index in [1.165, 1.54) is 47.4 Å². The molecule has 1 N–H and O–H groups in total. The number of nitrogens with zero attached hydrogens (tertiary/aromatic N) is 2. The molecule has 0 radical (unpaired) electrons. The van der Waals surface area contributed by atoms with Gasteiger partial charge in [0.05, 0.1) is 15.6 Å². The molecule has 0 aliphatic carbocycles. The van der Waals surface area contributed by atoms with Gasteiger partial charge in [-0.05, 0) is 60.9 Å². The van der Waals surface area contributed by atoms with Crippen LogP contribution in [0.15, 0.2) is 114 Å². The molecule has 0 spiro atoms. The van der Waals surface area contributed by atoms with Gasteiger partial charge in [0.1, 0.15) is 18.4 Å². The Bertz CT molecular complexity index is 1660. The number of benzene rings is 4. The number of hydrogen-bond acceptors (Lipinski definition) is 4. The van der Waals surface area contributed by atoms with E-state index in [4.69, 9.17) is 11.6 Å². The number of sulfonamides is 1. The van der Waals surface area contributed by atoms with Crippen LogP contribution in [0, 0.1) is 5.82 Å². The largest absolute Gasteiger partial charge is 0.352 e. The second kappa shape index (κ2) is 15.0. The quantitative estimate of drug-likeness (QED) is 0.189. The Balaban J connectivity index is 1.81. The second-order valence-electron chi connectivity index (χ2n) is 10.4. The van der Waals surface area contributed by atoms with Gasteiger partial charge < -0.3 is 10.2 Å². The Morgan fingerprint density at radius 2 is 1.43 bits per heavy atom. The standard InChI is InChI=1S/C34H35ClFN3O4S/c1-3-25(2)37-34(41)32(22-26-12-6-4-7-13-26)38(23-27-18-20-28(36)21-19-27)33(40)24-39(31-17-11-10-16-30(31)35)44(42,43)29-14-8-5-9-15-29/h4-21,25,32H,3,22-24H2,1-2H3,(H,37,41)/t25-,32-/m1/s1. The zero-order valence-electron chi connectivity index (χ0n) is 24.6. The molecule has 2 amide bonds. The van der Waals surface area contributed by atoms with E-state index in [9.17, 15) is 22.4 Å². The Morgan fingerprint density at radius 1 is 0.841 bits per heavy atom. The Hall–Kier alpha value is -4.21. The third kappa shape index (κ3) is 8.24. The van der Waals surface area contributed by atoms with Crippen LogP contribution in [0.25, 0.3) is 0 Å². The predicted molar refractivity (Wildman–Crippen MR) is 171 cm³/mol. The van der Waals surface area contributed by atoms with Crippen molar-refractivity contribution in [3.8, 4) is 0 Å². The summed E-state index contributed by atoms with van der Waals surface area (Å²) in [7, 11) is -4.26. The third-order valence-corrected chi connectivity index (χ3v) is 9.36. The number of rotatable bonds is 13. The van der Waals surface area contributed by atoms with E-state index in [0.29, 0.717) is 12.0 Å². The number of amides is 2. The minimum Gasteiger partial charge on any atom is -0.352 e. The number of nitrogens with one attached hydrogen (secondary N) is 1. The fourth-order valence-corrected chi connectivity index (χ4v) is 6.41. The maximum atomic E-state index is 14.4. The molecule has 0 unspecified atom stereocenters. The van der Waals surface area contributed by atoms with E-state index in [-0.39, 0.29) is 40.5 Å². The van der Waals surface area contributed by atoms with Crippen LogP contribution < -0.4 is 9.62 Å². The highest BCUT2D eigenvalue weighted by Crippen LogP contribution is 2.31. The first-order valence-electron chi connectivity index (χ1n) is 14.3. The summed E-state index contributed by atoms with van der Waals surface area (Å²) < 4.78 is 42.8.